The van der Waals surface area contributed by atoms with Crippen LogP contribution in [-0.2, 0) is 10.6 Å². The van der Waals surface area contributed by atoms with Crippen molar-refractivity contribution in [3.63, 3.8) is 0 Å². The van der Waals surface area contributed by atoms with Crippen LogP contribution in [0.1, 0.15) is 28.4 Å². The van der Waals surface area contributed by atoms with E-state index in [1.165, 1.54) is 10.5 Å². The van der Waals surface area contributed by atoms with Gasteiger partial charge in [-0.05, 0) is 29.8 Å². The summed E-state index contributed by atoms with van der Waals surface area (Å²) in [6.45, 7) is 0. The van der Waals surface area contributed by atoms with Gasteiger partial charge in [-0.2, -0.15) is 0 Å². The van der Waals surface area contributed by atoms with Gasteiger partial charge in [0, 0.05) is 27.7 Å². The van der Waals surface area contributed by atoms with Crippen molar-refractivity contribution >= 4 is 23.3 Å². The second-order valence-corrected chi connectivity index (χ2v) is 9.65. The summed E-state index contributed by atoms with van der Waals surface area (Å²) < 4.78 is 5.40. The molecule has 0 amide bonds. The van der Waals surface area contributed by atoms with Crippen LogP contribution in [-0.4, -0.2) is 12.9 Å². The summed E-state index contributed by atoms with van der Waals surface area (Å²) in [4.78, 5) is 10.0. The van der Waals surface area contributed by atoms with Gasteiger partial charge in [-0.1, -0.05) is 90.1 Å². The number of thioether (sulfide) groups is 1. The van der Waals surface area contributed by atoms with E-state index in [2.05, 4.69) is 77.7 Å². The molecule has 0 unspecified atom stereocenters. The molecule has 0 saturated heterocycles. The minimum absolute atomic E-state index is 0.155. The number of hydrogen-bond donors (Lipinski definition) is 0. The van der Waals surface area contributed by atoms with Crippen molar-refractivity contribution in [2.45, 2.75) is 22.3 Å². The zero-order valence-electron chi connectivity index (χ0n) is 18.8. The van der Waals surface area contributed by atoms with Crippen LogP contribution < -0.4 is 9.64 Å². The molecule has 0 aliphatic carbocycles. The number of rotatable bonds is 4. The SMILES string of the molecule is COc1ccc([C@H]2C[C@@]3(c4ccccc4)ON=C(c4ccccc4)N3c3ccccc3S2)cc1. The number of ether oxygens (including phenoxy) is 1. The summed E-state index contributed by atoms with van der Waals surface area (Å²) in [5.41, 5.74) is 3.68. The largest absolute Gasteiger partial charge is 0.497 e. The minimum Gasteiger partial charge on any atom is -0.497 e. The van der Waals surface area contributed by atoms with Gasteiger partial charge in [-0.25, -0.2) is 0 Å². The van der Waals surface area contributed by atoms with Crippen molar-refractivity contribution in [3.05, 3.63) is 126 Å². The van der Waals surface area contributed by atoms with Gasteiger partial charge in [-0.15, -0.1) is 11.8 Å². The Bertz CT molecular complexity index is 1330. The molecule has 2 heterocycles. The van der Waals surface area contributed by atoms with E-state index in [9.17, 15) is 0 Å². The normalized spacial score (nSPS) is 21.0. The van der Waals surface area contributed by atoms with Crippen LogP contribution in [0.15, 0.2) is 119 Å². The third-order valence-electron chi connectivity index (χ3n) is 6.44. The van der Waals surface area contributed by atoms with Gasteiger partial charge in [0.15, 0.2) is 5.84 Å². The van der Waals surface area contributed by atoms with Crippen LogP contribution in [0.2, 0.25) is 0 Å². The van der Waals surface area contributed by atoms with Gasteiger partial charge >= 0.3 is 0 Å². The first-order valence-electron chi connectivity index (χ1n) is 11.4. The molecule has 0 spiro atoms. The van der Waals surface area contributed by atoms with Crippen molar-refractivity contribution in [2.75, 3.05) is 12.0 Å². The second-order valence-electron chi connectivity index (χ2n) is 8.41. The maximum Gasteiger partial charge on any atom is 0.242 e. The Morgan fingerprint density at radius 3 is 2.26 bits per heavy atom. The molecule has 168 valence electrons. The number of oxime groups is 1. The third kappa shape index (κ3) is 3.44. The molecular weight excluding hydrogens is 440 g/mol. The summed E-state index contributed by atoms with van der Waals surface area (Å²) in [6.07, 6.45) is 0.725. The lowest BCUT2D eigenvalue weighted by atomic mass is 9.92. The molecule has 4 aromatic rings. The highest BCUT2D eigenvalue weighted by Gasteiger charge is 2.52. The van der Waals surface area contributed by atoms with Crippen molar-refractivity contribution in [3.8, 4) is 5.75 Å². The van der Waals surface area contributed by atoms with Gasteiger partial charge in [0.1, 0.15) is 5.75 Å². The first kappa shape index (κ1) is 20.9. The molecule has 0 N–H and O–H groups in total. The molecule has 34 heavy (non-hydrogen) atoms. The van der Waals surface area contributed by atoms with Gasteiger partial charge in [0.05, 0.1) is 12.8 Å². The summed E-state index contributed by atoms with van der Waals surface area (Å²) in [6, 6.07) is 37.7. The highest BCUT2D eigenvalue weighted by Crippen LogP contribution is 2.56. The molecule has 2 aliphatic heterocycles. The van der Waals surface area contributed by atoms with Crippen LogP contribution in [0.25, 0.3) is 0 Å². The summed E-state index contributed by atoms with van der Waals surface area (Å²) in [5, 5.41) is 4.86. The van der Waals surface area contributed by atoms with E-state index in [0.717, 1.165) is 34.8 Å². The van der Waals surface area contributed by atoms with E-state index < -0.39 is 5.72 Å². The highest BCUT2D eigenvalue weighted by molar-refractivity contribution is 7.99. The average Bonchev–Trinajstić information content (AvgIpc) is 3.22. The smallest absolute Gasteiger partial charge is 0.242 e. The quantitative estimate of drug-likeness (QED) is 0.326. The standard InChI is InChI=1S/C29H24N2O2S/c1-32-24-18-16-21(17-19-24)27-20-29(23-12-6-3-7-13-23)31(25-14-8-9-15-26(25)34-27)28(30-33-29)22-10-4-2-5-11-22/h2-19,27H,20H2,1H3/t27-,29+/m1/s1. The van der Waals surface area contributed by atoms with Crippen LogP contribution in [0.3, 0.4) is 0 Å². The first-order valence-corrected chi connectivity index (χ1v) is 12.2. The molecular formula is C29H24N2O2S. The maximum absolute atomic E-state index is 6.51. The fraction of sp³-hybridized carbons (Fsp3) is 0.138. The Morgan fingerprint density at radius 1 is 0.853 bits per heavy atom. The summed E-state index contributed by atoms with van der Waals surface area (Å²) in [7, 11) is 1.70. The van der Waals surface area contributed by atoms with Crippen molar-refractivity contribution in [2.24, 2.45) is 5.16 Å². The van der Waals surface area contributed by atoms with Gasteiger partial charge in [-0.3, -0.25) is 4.90 Å². The van der Waals surface area contributed by atoms with Crippen LogP contribution >= 0.6 is 11.8 Å². The monoisotopic (exact) mass is 464 g/mol. The van der Waals surface area contributed by atoms with E-state index >= 15 is 0 Å². The predicted molar refractivity (Wildman–Crippen MR) is 137 cm³/mol. The van der Waals surface area contributed by atoms with Crippen LogP contribution in [0.4, 0.5) is 5.69 Å². The van der Waals surface area contributed by atoms with Gasteiger partial charge in [0.25, 0.3) is 0 Å². The molecule has 2 aliphatic rings. The zero-order valence-corrected chi connectivity index (χ0v) is 19.6. The first-order chi connectivity index (χ1) is 16.8. The van der Waals surface area contributed by atoms with Crippen molar-refractivity contribution < 1.29 is 9.57 Å². The number of anilines is 1. The predicted octanol–water partition coefficient (Wildman–Crippen LogP) is 6.98. The molecule has 4 aromatic carbocycles. The second kappa shape index (κ2) is 8.58. The highest BCUT2D eigenvalue weighted by atomic mass is 32.2. The average molecular weight is 465 g/mol. The number of benzene rings is 4. The zero-order chi connectivity index (χ0) is 23.0. The molecule has 2 atom stereocenters. The molecule has 5 heteroatoms. The fourth-order valence-electron chi connectivity index (χ4n) is 4.77. The molecule has 6 rings (SSSR count). The molecule has 0 radical (unpaired) electrons. The Kier molecular flexibility index (Phi) is 5.27. The van der Waals surface area contributed by atoms with Crippen molar-refractivity contribution in [1.29, 1.82) is 0 Å². The summed E-state index contributed by atoms with van der Waals surface area (Å²) >= 11 is 1.87. The van der Waals surface area contributed by atoms with E-state index in [4.69, 9.17) is 14.7 Å². The van der Waals surface area contributed by atoms with Gasteiger partial charge in [0.2, 0.25) is 5.72 Å². The molecule has 0 saturated carbocycles. The van der Waals surface area contributed by atoms with Crippen LogP contribution in [0.5, 0.6) is 5.75 Å². The number of hydrogen-bond acceptors (Lipinski definition) is 5. The Balaban J connectivity index is 1.55. The number of para-hydroxylation sites is 1. The van der Waals surface area contributed by atoms with E-state index in [0.29, 0.717) is 0 Å². The molecule has 0 fully saturated rings. The fourth-order valence-corrected chi connectivity index (χ4v) is 6.11. The Morgan fingerprint density at radius 2 is 1.53 bits per heavy atom. The Labute approximate surface area is 203 Å². The number of amidine groups is 1. The number of fused-ring (bicyclic) bond motifs is 3. The molecule has 0 aromatic heterocycles. The lowest BCUT2D eigenvalue weighted by Gasteiger charge is -2.37. The lowest BCUT2D eigenvalue weighted by Crippen LogP contribution is -2.47. The van der Waals surface area contributed by atoms with E-state index in [1.807, 2.05) is 48.2 Å². The summed E-state index contributed by atoms with van der Waals surface area (Å²) in [5.74, 6) is 1.68. The lowest BCUT2D eigenvalue weighted by molar-refractivity contribution is -0.0283. The third-order valence-corrected chi connectivity index (χ3v) is 7.76. The topological polar surface area (TPSA) is 34.1 Å². The minimum atomic E-state index is -0.767. The molecule has 4 nitrogen and oxygen atoms in total. The van der Waals surface area contributed by atoms with E-state index in [-0.39, 0.29) is 5.25 Å². The van der Waals surface area contributed by atoms with Gasteiger partial charge < -0.3 is 9.57 Å². The number of methoxy groups -OCH3 is 1. The van der Waals surface area contributed by atoms with Crippen molar-refractivity contribution in [1.82, 2.24) is 0 Å². The Hall–Kier alpha value is -3.70. The maximum atomic E-state index is 6.51. The number of nitrogens with zero attached hydrogens (tertiary/aromatic N) is 2. The van der Waals surface area contributed by atoms with E-state index in [1.54, 1.807) is 7.11 Å². The van der Waals surface area contributed by atoms with Crippen LogP contribution in [0, 0.1) is 0 Å². The molecule has 0 bridgehead atoms.